The molecule has 0 atom stereocenters. The molecule has 0 N–H and O–H groups in total. The Hall–Kier alpha value is -2.49. The molecule has 0 saturated carbocycles. The maximum atomic E-state index is 13.6. The molecule has 20 heavy (non-hydrogen) atoms. The second-order valence-electron chi connectivity index (χ2n) is 4.64. The van der Waals surface area contributed by atoms with E-state index in [0.717, 1.165) is 16.9 Å². The molecule has 3 nitrogen and oxygen atoms in total. The molecular formula is C16H13FN2O. The zero-order valence-corrected chi connectivity index (χ0v) is 11.0. The lowest BCUT2D eigenvalue weighted by atomic mass is 10.1. The summed E-state index contributed by atoms with van der Waals surface area (Å²) in [6, 6.07) is 13.6. The number of aromatic nitrogens is 2. The van der Waals surface area contributed by atoms with E-state index in [-0.39, 0.29) is 17.9 Å². The molecular weight excluding hydrogens is 255 g/mol. The maximum Gasteiger partial charge on any atom is 0.185 e. The number of para-hydroxylation sites is 2. The van der Waals surface area contributed by atoms with Gasteiger partial charge < -0.3 is 4.57 Å². The Balaban J connectivity index is 2.00. The van der Waals surface area contributed by atoms with Gasteiger partial charge in [0.2, 0.25) is 0 Å². The molecule has 0 spiro atoms. The topological polar surface area (TPSA) is 34.9 Å². The summed E-state index contributed by atoms with van der Waals surface area (Å²) in [6.07, 6.45) is 0. The summed E-state index contributed by atoms with van der Waals surface area (Å²) in [5.74, 6) is 0.00446. The number of imidazole rings is 1. The number of rotatable bonds is 3. The number of aryl methyl sites for hydroxylation is 1. The van der Waals surface area contributed by atoms with Gasteiger partial charge in [-0.15, -0.1) is 0 Å². The molecule has 3 rings (SSSR count). The number of hydrogen-bond acceptors (Lipinski definition) is 2. The Morgan fingerprint density at radius 3 is 2.65 bits per heavy atom. The lowest BCUT2D eigenvalue weighted by Crippen LogP contribution is -2.13. The van der Waals surface area contributed by atoms with Crippen LogP contribution in [0.1, 0.15) is 16.2 Å². The molecule has 0 aliphatic carbocycles. The van der Waals surface area contributed by atoms with Gasteiger partial charge in [0.15, 0.2) is 5.78 Å². The summed E-state index contributed by atoms with van der Waals surface area (Å²) in [4.78, 5) is 16.6. The monoisotopic (exact) mass is 268 g/mol. The minimum atomic E-state index is -0.487. The third kappa shape index (κ3) is 2.09. The largest absolute Gasteiger partial charge is 0.320 e. The van der Waals surface area contributed by atoms with Crippen LogP contribution in [-0.2, 0) is 6.54 Å². The molecule has 4 heteroatoms. The van der Waals surface area contributed by atoms with Gasteiger partial charge in [0, 0.05) is 0 Å². The van der Waals surface area contributed by atoms with E-state index in [9.17, 15) is 9.18 Å². The minimum absolute atomic E-state index is 0.0906. The first-order valence-electron chi connectivity index (χ1n) is 6.36. The van der Waals surface area contributed by atoms with Gasteiger partial charge in [0.1, 0.15) is 11.6 Å². The second kappa shape index (κ2) is 4.89. The number of nitrogens with zero attached hydrogens (tertiary/aromatic N) is 2. The Morgan fingerprint density at radius 1 is 1.15 bits per heavy atom. The van der Waals surface area contributed by atoms with Crippen LogP contribution in [0.5, 0.6) is 0 Å². The third-order valence-electron chi connectivity index (χ3n) is 3.32. The molecule has 3 aromatic rings. The summed E-state index contributed by atoms with van der Waals surface area (Å²) in [5.41, 5.74) is 1.84. The van der Waals surface area contributed by atoms with Crippen LogP contribution in [0.3, 0.4) is 0 Å². The van der Waals surface area contributed by atoms with Gasteiger partial charge in [-0.3, -0.25) is 4.79 Å². The normalized spacial score (nSPS) is 10.9. The van der Waals surface area contributed by atoms with E-state index in [1.165, 1.54) is 12.1 Å². The SMILES string of the molecule is Cc1nc2ccccc2n1CC(=O)c1ccccc1F. The molecule has 0 fully saturated rings. The van der Waals surface area contributed by atoms with Crippen LogP contribution in [0.15, 0.2) is 48.5 Å². The fourth-order valence-electron chi connectivity index (χ4n) is 2.31. The number of Topliss-reactive ketones (excluding diaryl/α,β-unsaturated/α-hetero) is 1. The molecule has 1 heterocycles. The number of fused-ring (bicyclic) bond motifs is 1. The van der Waals surface area contributed by atoms with E-state index < -0.39 is 5.82 Å². The summed E-state index contributed by atoms with van der Waals surface area (Å²) < 4.78 is 15.4. The third-order valence-corrected chi connectivity index (χ3v) is 3.32. The van der Waals surface area contributed by atoms with Gasteiger partial charge in [-0.25, -0.2) is 9.37 Å². The number of benzene rings is 2. The molecule has 0 amide bonds. The molecule has 0 bridgehead atoms. The Morgan fingerprint density at radius 2 is 1.85 bits per heavy atom. The van der Waals surface area contributed by atoms with Crippen LogP contribution in [0, 0.1) is 12.7 Å². The first-order chi connectivity index (χ1) is 9.66. The van der Waals surface area contributed by atoms with Crippen LogP contribution in [0.2, 0.25) is 0 Å². The van der Waals surface area contributed by atoms with Crippen molar-refractivity contribution in [2.45, 2.75) is 13.5 Å². The van der Waals surface area contributed by atoms with Gasteiger partial charge in [-0.1, -0.05) is 24.3 Å². The Bertz CT molecular complexity index is 792. The molecule has 0 aliphatic rings. The van der Waals surface area contributed by atoms with Gasteiger partial charge in [-0.05, 0) is 31.2 Å². The van der Waals surface area contributed by atoms with Crippen LogP contribution >= 0.6 is 0 Å². The van der Waals surface area contributed by atoms with Crippen molar-refractivity contribution in [3.8, 4) is 0 Å². The number of ketones is 1. The molecule has 1 aromatic heterocycles. The van der Waals surface area contributed by atoms with Crippen molar-refractivity contribution in [1.29, 1.82) is 0 Å². The fourth-order valence-corrected chi connectivity index (χ4v) is 2.31. The second-order valence-corrected chi connectivity index (χ2v) is 4.64. The molecule has 0 unspecified atom stereocenters. The lowest BCUT2D eigenvalue weighted by molar-refractivity contribution is 0.0968. The quantitative estimate of drug-likeness (QED) is 0.683. The average molecular weight is 268 g/mol. The lowest BCUT2D eigenvalue weighted by Gasteiger charge is -2.07. The van der Waals surface area contributed by atoms with Gasteiger partial charge >= 0.3 is 0 Å². The van der Waals surface area contributed by atoms with Crippen molar-refractivity contribution in [2.24, 2.45) is 0 Å². The zero-order valence-electron chi connectivity index (χ0n) is 11.0. The number of carbonyl (C=O) groups excluding carboxylic acids is 1. The van der Waals surface area contributed by atoms with Gasteiger partial charge in [0.25, 0.3) is 0 Å². The molecule has 0 radical (unpaired) electrons. The minimum Gasteiger partial charge on any atom is -0.320 e. The summed E-state index contributed by atoms with van der Waals surface area (Å²) in [5, 5.41) is 0. The highest BCUT2D eigenvalue weighted by molar-refractivity contribution is 5.97. The predicted octanol–water partition coefficient (Wildman–Crippen LogP) is 3.37. The van der Waals surface area contributed by atoms with Crippen LogP contribution < -0.4 is 0 Å². The van der Waals surface area contributed by atoms with E-state index in [1.54, 1.807) is 12.1 Å². The molecule has 0 aliphatic heterocycles. The van der Waals surface area contributed by atoms with E-state index in [1.807, 2.05) is 35.8 Å². The number of carbonyl (C=O) groups is 1. The van der Waals surface area contributed by atoms with Crippen molar-refractivity contribution in [2.75, 3.05) is 0 Å². The van der Waals surface area contributed by atoms with Crippen LogP contribution in [-0.4, -0.2) is 15.3 Å². The van der Waals surface area contributed by atoms with Gasteiger partial charge in [0.05, 0.1) is 23.1 Å². The van der Waals surface area contributed by atoms with Crippen LogP contribution in [0.4, 0.5) is 4.39 Å². The highest BCUT2D eigenvalue weighted by Crippen LogP contribution is 2.17. The highest BCUT2D eigenvalue weighted by Gasteiger charge is 2.14. The summed E-state index contributed by atoms with van der Waals surface area (Å²) in [7, 11) is 0. The van der Waals surface area contributed by atoms with Crippen molar-refractivity contribution in [1.82, 2.24) is 9.55 Å². The molecule has 100 valence electrons. The fraction of sp³-hybridized carbons (Fsp3) is 0.125. The first kappa shape index (κ1) is 12.5. The first-order valence-corrected chi connectivity index (χ1v) is 6.36. The van der Waals surface area contributed by atoms with Crippen molar-refractivity contribution >= 4 is 16.8 Å². The number of hydrogen-bond donors (Lipinski definition) is 0. The highest BCUT2D eigenvalue weighted by atomic mass is 19.1. The maximum absolute atomic E-state index is 13.6. The van der Waals surface area contributed by atoms with Crippen LogP contribution in [0.25, 0.3) is 11.0 Å². The Labute approximate surface area is 115 Å². The predicted molar refractivity (Wildman–Crippen MR) is 75.2 cm³/mol. The standard InChI is InChI=1S/C16H13FN2O/c1-11-18-14-8-4-5-9-15(14)19(11)10-16(20)12-6-2-3-7-13(12)17/h2-9H,10H2,1H3. The van der Waals surface area contributed by atoms with Crippen molar-refractivity contribution < 1.29 is 9.18 Å². The summed E-state index contributed by atoms with van der Waals surface area (Å²) in [6.45, 7) is 1.93. The number of halogens is 1. The van der Waals surface area contributed by atoms with E-state index >= 15 is 0 Å². The van der Waals surface area contributed by atoms with E-state index in [2.05, 4.69) is 4.98 Å². The Kier molecular flexibility index (Phi) is 3.06. The van der Waals surface area contributed by atoms with E-state index in [4.69, 9.17) is 0 Å². The van der Waals surface area contributed by atoms with Crippen molar-refractivity contribution in [3.05, 3.63) is 65.7 Å². The molecule has 0 saturated heterocycles. The molecule has 2 aromatic carbocycles. The van der Waals surface area contributed by atoms with Gasteiger partial charge in [-0.2, -0.15) is 0 Å². The average Bonchev–Trinajstić information content (AvgIpc) is 2.76. The van der Waals surface area contributed by atoms with E-state index in [0.29, 0.717) is 0 Å². The van der Waals surface area contributed by atoms with Crippen molar-refractivity contribution in [3.63, 3.8) is 0 Å². The summed E-state index contributed by atoms with van der Waals surface area (Å²) >= 11 is 0. The smallest absolute Gasteiger partial charge is 0.185 e. The zero-order chi connectivity index (χ0) is 14.1.